The third-order valence-electron chi connectivity index (χ3n) is 5.07. The molecule has 0 fully saturated rings. The third-order valence-corrected chi connectivity index (χ3v) is 6.81. The Morgan fingerprint density at radius 2 is 1.43 bits per heavy atom. The molecule has 0 saturated heterocycles. The second-order valence-electron chi connectivity index (χ2n) is 7.43. The van der Waals surface area contributed by atoms with E-state index in [1.54, 1.807) is 24.3 Å². The van der Waals surface area contributed by atoms with Crippen LogP contribution in [0.2, 0.25) is 0 Å². The van der Waals surface area contributed by atoms with Gasteiger partial charge >= 0.3 is 48.9 Å². The predicted octanol–water partition coefficient (Wildman–Crippen LogP) is 1.54. The average molecular weight is 663 g/mol. The second kappa shape index (κ2) is 11.4. The molecule has 3 aromatic rings. The topological polar surface area (TPSA) is 185 Å². The summed E-state index contributed by atoms with van der Waals surface area (Å²) in [6.45, 7) is 0. The molecule has 0 saturated carbocycles. The molecule has 1 aliphatic rings. The molecule has 0 atom stereocenters. The molecule has 14 heteroatoms. The van der Waals surface area contributed by atoms with Gasteiger partial charge in [0.05, 0.1) is 21.1 Å². The number of para-hydroxylation sites is 1. The van der Waals surface area contributed by atoms with Crippen LogP contribution < -0.4 is 10.7 Å². The number of hydrazone groups is 1. The van der Waals surface area contributed by atoms with Gasteiger partial charge in [-0.1, -0.05) is 36.4 Å². The molecular weight excluding hydrogens is 648 g/mol. The number of Topliss-reactive ketones (excluding diaryl/α,β-unsaturated/α-hetero) is 1. The van der Waals surface area contributed by atoms with Crippen molar-refractivity contribution in [2.24, 2.45) is 5.10 Å². The normalized spacial score (nSPS) is 14.3. The summed E-state index contributed by atoms with van der Waals surface area (Å²) < 4.78 is 67.9. The van der Waals surface area contributed by atoms with E-state index in [0.29, 0.717) is 11.1 Å². The Morgan fingerprint density at radius 1 is 0.811 bits per heavy atom. The molecule has 0 aromatic heterocycles. The number of benzene rings is 3. The Hall–Kier alpha value is -2.60. The van der Waals surface area contributed by atoms with Crippen LogP contribution >= 0.6 is 0 Å². The summed E-state index contributed by atoms with van der Waals surface area (Å²) >= 11 is 0. The summed E-state index contributed by atoms with van der Waals surface area (Å²) in [5.41, 5.74) is 2.73. The first-order valence-electron chi connectivity index (χ1n) is 10.1. The number of rotatable bonds is 6. The number of hydrogen-bond acceptors (Lipinski definition) is 10. The van der Waals surface area contributed by atoms with Crippen LogP contribution in [0.4, 0.5) is 11.4 Å². The van der Waals surface area contributed by atoms with Crippen LogP contribution in [0, 0.1) is 0 Å². The van der Waals surface area contributed by atoms with Crippen LogP contribution in [0.15, 0.2) is 93.3 Å². The Balaban J connectivity index is 0.00000380. The van der Waals surface area contributed by atoms with Crippen molar-refractivity contribution in [2.45, 2.75) is 9.79 Å². The van der Waals surface area contributed by atoms with Gasteiger partial charge in [-0.25, -0.2) is 16.8 Å². The van der Waals surface area contributed by atoms with E-state index in [9.17, 15) is 35.5 Å². The molecule has 37 heavy (non-hydrogen) atoms. The molecule has 184 valence electrons. The quantitative estimate of drug-likeness (QED) is 0.171. The standard InChI is InChI=1S/C23H17N3O8S2.Ba/c27-22-18(23(28)24-15-9-11-16(12-10-15)35(29,30)31)13-14-5-1-2-6-17(14)21(22)26-25-19-7-3-4-8-20(19)36(32,33)34;/h1-13,25H,(H,24,28)(H,29,30,31)(H,32,33,34);/q;+2/p-2/b26-21-;. The van der Waals surface area contributed by atoms with E-state index < -0.39 is 41.7 Å². The van der Waals surface area contributed by atoms with E-state index in [-0.39, 0.29) is 71.5 Å². The molecule has 3 aromatic carbocycles. The van der Waals surface area contributed by atoms with Gasteiger partial charge in [0.2, 0.25) is 5.78 Å². The van der Waals surface area contributed by atoms with Crippen LogP contribution in [0.3, 0.4) is 0 Å². The Kier molecular flexibility index (Phi) is 8.94. The Labute approximate surface area is 252 Å². The van der Waals surface area contributed by atoms with E-state index in [0.717, 1.165) is 18.2 Å². The van der Waals surface area contributed by atoms with Crippen molar-refractivity contribution >= 4 is 104 Å². The van der Waals surface area contributed by atoms with Gasteiger partial charge in [0, 0.05) is 11.3 Å². The molecular formula is C23H15BaN3O8S2. The van der Waals surface area contributed by atoms with Gasteiger partial charge in [-0.05, 0) is 48.0 Å². The smallest absolute Gasteiger partial charge is 0.744 e. The van der Waals surface area contributed by atoms with E-state index >= 15 is 0 Å². The first kappa shape index (κ1) is 29.0. The summed E-state index contributed by atoms with van der Waals surface area (Å²) in [7, 11) is -9.50. The van der Waals surface area contributed by atoms with Crippen molar-refractivity contribution in [1.29, 1.82) is 0 Å². The molecule has 1 aliphatic carbocycles. The molecule has 2 N–H and O–H groups in total. The molecule has 0 bridgehead atoms. The van der Waals surface area contributed by atoms with Gasteiger partial charge in [0.15, 0.2) is 0 Å². The maximum atomic E-state index is 13.2. The Morgan fingerprint density at radius 3 is 2.08 bits per heavy atom. The van der Waals surface area contributed by atoms with Gasteiger partial charge < -0.3 is 14.4 Å². The monoisotopic (exact) mass is 663 g/mol. The summed E-state index contributed by atoms with van der Waals surface area (Å²) in [6.07, 6.45) is 1.35. The number of carbonyl (C=O) groups excluding carboxylic acids is 2. The number of hydrogen-bond donors (Lipinski definition) is 2. The number of carbonyl (C=O) groups is 2. The molecule has 0 spiro atoms. The first-order valence-corrected chi connectivity index (χ1v) is 12.9. The van der Waals surface area contributed by atoms with Gasteiger partial charge in [-0.2, -0.15) is 5.10 Å². The van der Waals surface area contributed by atoms with E-state index in [1.165, 1.54) is 36.4 Å². The van der Waals surface area contributed by atoms with Crippen LogP contribution in [0.1, 0.15) is 11.1 Å². The maximum absolute atomic E-state index is 13.2. The third kappa shape index (κ3) is 6.65. The van der Waals surface area contributed by atoms with Crippen molar-refractivity contribution < 1.29 is 35.5 Å². The van der Waals surface area contributed by atoms with Crippen molar-refractivity contribution in [2.75, 3.05) is 10.7 Å². The molecule has 0 aliphatic heterocycles. The fourth-order valence-corrected chi connectivity index (χ4v) is 4.48. The average Bonchev–Trinajstić information content (AvgIpc) is 2.82. The molecule has 0 heterocycles. The van der Waals surface area contributed by atoms with Gasteiger partial charge in [0.1, 0.15) is 25.9 Å². The zero-order chi connectivity index (χ0) is 26.1. The number of ketones is 1. The SMILES string of the molecule is O=C(Nc1ccc(S(=O)(=O)[O-])cc1)C1=Cc2ccccc2/C(=N/Nc2ccccc2S(=O)(=O)[O-])C1=O.[Ba+2]. The van der Waals surface area contributed by atoms with Crippen molar-refractivity contribution in [3.63, 3.8) is 0 Å². The number of nitrogens with one attached hydrogen (secondary N) is 2. The van der Waals surface area contributed by atoms with Gasteiger partial charge in [0.25, 0.3) is 5.91 Å². The fraction of sp³-hybridized carbons (Fsp3) is 0. The zero-order valence-corrected chi connectivity index (χ0v) is 24.8. The maximum Gasteiger partial charge on any atom is 2.00 e. The van der Waals surface area contributed by atoms with Crippen LogP contribution in [0.25, 0.3) is 6.08 Å². The number of anilines is 2. The summed E-state index contributed by atoms with van der Waals surface area (Å²) in [4.78, 5) is 25.1. The predicted molar refractivity (Wildman–Crippen MR) is 133 cm³/mol. The molecule has 11 nitrogen and oxygen atoms in total. The van der Waals surface area contributed by atoms with Crippen LogP contribution in [0.5, 0.6) is 0 Å². The molecule has 4 rings (SSSR count). The first-order chi connectivity index (χ1) is 16.9. The number of amides is 1. The van der Waals surface area contributed by atoms with Gasteiger partial charge in [-0.3, -0.25) is 15.0 Å². The van der Waals surface area contributed by atoms with E-state index in [4.69, 9.17) is 0 Å². The fourth-order valence-electron chi connectivity index (χ4n) is 3.39. The van der Waals surface area contributed by atoms with Crippen LogP contribution in [-0.4, -0.2) is 92.2 Å². The molecule has 0 unspecified atom stereocenters. The minimum Gasteiger partial charge on any atom is -0.744 e. The summed E-state index contributed by atoms with van der Waals surface area (Å²) in [6, 6.07) is 16.2. The van der Waals surface area contributed by atoms with Gasteiger partial charge in [-0.15, -0.1) is 0 Å². The largest absolute Gasteiger partial charge is 2.00 e. The molecule has 0 radical (unpaired) electrons. The number of fused-ring (bicyclic) bond motifs is 1. The zero-order valence-electron chi connectivity index (χ0n) is 18.7. The van der Waals surface area contributed by atoms with E-state index in [2.05, 4.69) is 15.8 Å². The van der Waals surface area contributed by atoms with Crippen LogP contribution in [-0.2, 0) is 29.8 Å². The number of nitrogens with zero attached hydrogens (tertiary/aromatic N) is 1. The Bertz CT molecular complexity index is 1670. The van der Waals surface area contributed by atoms with Crippen molar-refractivity contribution in [1.82, 2.24) is 0 Å². The summed E-state index contributed by atoms with van der Waals surface area (Å²) in [5.74, 6) is -1.62. The van der Waals surface area contributed by atoms with Crippen molar-refractivity contribution in [3.8, 4) is 0 Å². The summed E-state index contributed by atoms with van der Waals surface area (Å²) in [5, 5.41) is 6.47. The minimum absolute atomic E-state index is 0. The second-order valence-corrected chi connectivity index (χ2v) is 10.2. The molecule has 1 amide bonds. The minimum atomic E-state index is -4.83. The van der Waals surface area contributed by atoms with Crippen molar-refractivity contribution in [3.05, 3.63) is 89.5 Å². The van der Waals surface area contributed by atoms with E-state index in [1.807, 2.05) is 0 Å².